The molecule has 14 nitrogen and oxygen atoms in total. The molecule has 2 aromatic carbocycles. The molecular weight excluding hydrogens is 734 g/mol. The number of unbranched alkanes of at least 4 members (excludes halogenated alkanes) is 2. The summed E-state index contributed by atoms with van der Waals surface area (Å²) in [5.74, 6) is -1.55. The lowest BCUT2D eigenvalue weighted by molar-refractivity contribution is -0.255. The van der Waals surface area contributed by atoms with Crippen molar-refractivity contribution in [3.63, 3.8) is 0 Å². The van der Waals surface area contributed by atoms with Crippen LogP contribution in [0.15, 0.2) is 78.0 Å². The van der Waals surface area contributed by atoms with Gasteiger partial charge in [0.2, 0.25) is 5.79 Å². The Morgan fingerprint density at radius 2 is 1.81 bits per heavy atom. The van der Waals surface area contributed by atoms with Crippen LogP contribution in [0.4, 0.5) is 9.59 Å². The number of rotatable bonds is 22. The summed E-state index contributed by atoms with van der Waals surface area (Å²) in [6.45, 7) is 6.71. The fraction of sp³-hybridized carbons (Fsp3) is 0.558. The lowest BCUT2D eigenvalue weighted by Gasteiger charge is -2.59. The number of benzene rings is 2. The molecule has 0 bridgehead atoms. The van der Waals surface area contributed by atoms with Crippen molar-refractivity contribution in [1.82, 2.24) is 10.2 Å². The molecule has 0 radical (unpaired) electrons. The first kappa shape index (κ1) is 43.6. The monoisotopic (exact) mass is 793 g/mol. The normalized spacial score (nSPS) is 24.0. The van der Waals surface area contributed by atoms with E-state index in [2.05, 4.69) is 18.0 Å². The van der Waals surface area contributed by atoms with Crippen LogP contribution in [-0.4, -0.2) is 110 Å². The number of methoxy groups -OCH3 is 1. The summed E-state index contributed by atoms with van der Waals surface area (Å²) in [5, 5.41) is 36.6. The van der Waals surface area contributed by atoms with Crippen LogP contribution in [-0.2, 0) is 25.7 Å². The van der Waals surface area contributed by atoms with E-state index in [1.807, 2.05) is 43.3 Å². The van der Waals surface area contributed by atoms with Crippen molar-refractivity contribution in [2.75, 3.05) is 59.8 Å². The zero-order chi connectivity index (χ0) is 40.6. The van der Waals surface area contributed by atoms with Crippen LogP contribution in [0.5, 0.6) is 11.5 Å². The van der Waals surface area contributed by atoms with Gasteiger partial charge < -0.3 is 49.2 Å². The summed E-state index contributed by atoms with van der Waals surface area (Å²) in [6.07, 6.45) is 7.17. The van der Waals surface area contributed by atoms with E-state index in [0.29, 0.717) is 36.6 Å². The van der Waals surface area contributed by atoms with Gasteiger partial charge in [0, 0.05) is 44.2 Å². The Morgan fingerprint density at radius 3 is 2.51 bits per heavy atom. The minimum Gasteiger partial charge on any atom is -0.459 e. The van der Waals surface area contributed by atoms with Crippen LogP contribution < -0.4 is 14.8 Å². The Hall–Kier alpha value is -4.47. The van der Waals surface area contributed by atoms with Crippen LogP contribution in [0.25, 0.3) is 0 Å². The SMILES string of the molecule is C=CCO[C@@]12Oc3ccc(OC(=O)NCC)cc3[C@H]3[C@H](CCCCO)[C@@H](CCCCO)C=C(C(=NOCc4ccccc4)C[C@@H]1N(CCOCCO)C(=O)OC)[C@H]32. The Bertz CT molecular complexity index is 1670. The Kier molecular flexibility index (Phi) is 16.8. The lowest BCUT2D eigenvalue weighted by atomic mass is 9.55. The minimum atomic E-state index is -1.51. The van der Waals surface area contributed by atoms with Crippen LogP contribution in [0.3, 0.4) is 0 Å². The Balaban J connectivity index is 1.75. The van der Waals surface area contributed by atoms with E-state index in [0.717, 1.165) is 42.4 Å². The van der Waals surface area contributed by atoms with Gasteiger partial charge in [-0.2, -0.15) is 0 Å². The molecule has 2 aromatic rings. The van der Waals surface area contributed by atoms with E-state index in [4.69, 9.17) is 33.7 Å². The molecule has 1 saturated carbocycles. The molecule has 0 saturated heterocycles. The first-order valence-corrected chi connectivity index (χ1v) is 20.1. The minimum absolute atomic E-state index is 0.0157. The molecule has 312 valence electrons. The first-order valence-electron chi connectivity index (χ1n) is 20.1. The maximum absolute atomic E-state index is 13.9. The van der Waals surface area contributed by atoms with Gasteiger partial charge in [-0.05, 0) is 73.8 Å². The van der Waals surface area contributed by atoms with Crippen molar-refractivity contribution in [2.24, 2.45) is 22.9 Å². The number of ether oxygens (including phenoxy) is 5. The van der Waals surface area contributed by atoms with Crippen LogP contribution in [0.1, 0.15) is 68.9 Å². The van der Waals surface area contributed by atoms with Gasteiger partial charge in [-0.3, -0.25) is 4.90 Å². The third-order valence-electron chi connectivity index (χ3n) is 10.9. The maximum atomic E-state index is 13.9. The van der Waals surface area contributed by atoms with E-state index in [9.17, 15) is 24.9 Å². The lowest BCUT2D eigenvalue weighted by Crippen LogP contribution is -2.70. The number of hydrogen-bond acceptors (Lipinski definition) is 12. The van der Waals surface area contributed by atoms with Crippen molar-refractivity contribution in [2.45, 2.75) is 76.2 Å². The second-order valence-electron chi connectivity index (χ2n) is 14.5. The molecular formula is C43H59N3O11. The molecule has 1 heterocycles. The average molecular weight is 794 g/mol. The number of allylic oxidation sites excluding steroid dienone is 1. The number of nitrogens with zero attached hydrogens (tertiary/aromatic N) is 2. The quantitative estimate of drug-likeness (QED) is 0.0653. The topological polar surface area (TPSA) is 178 Å². The summed E-state index contributed by atoms with van der Waals surface area (Å²) in [4.78, 5) is 34.2. The summed E-state index contributed by atoms with van der Waals surface area (Å²) in [5.41, 5.74) is 3.23. The van der Waals surface area contributed by atoms with Gasteiger partial charge in [0.15, 0.2) is 0 Å². The molecule has 1 fully saturated rings. The second-order valence-corrected chi connectivity index (χ2v) is 14.5. The van der Waals surface area contributed by atoms with E-state index in [1.54, 1.807) is 23.1 Å². The van der Waals surface area contributed by atoms with E-state index in [1.165, 1.54) is 7.11 Å². The number of carbonyl (C=O) groups excluding carboxylic acids is 2. The number of aliphatic hydroxyl groups excluding tert-OH is 3. The van der Waals surface area contributed by atoms with Crippen LogP contribution >= 0.6 is 0 Å². The van der Waals surface area contributed by atoms with Gasteiger partial charge in [-0.25, -0.2) is 9.59 Å². The summed E-state index contributed by atoms with van der Waals surface area (Å²) in [6, 6.07) is 14.2. The number of carbonyl (C=O) groups is 2. The number of fused-ring (bicyclic) bond motifs is 2. The van der Waals surface area contributed by atoms with E-state index < -0.39 is 29.9 Å². The number of oxime groups is 1. The van der Waals surface area contributed by atoms with Gasteiger partial charge in [0.05, 0.1) is 45.2 Å². The summed E-state index contributed by atoms with van der Waals surface area (Å²) < 4.78 is 30.9. The van der Waals surface area contributed by atoms with Gasteiger partial charge in [-0.15, -0.1) is 6.58 Å². The highest BCUT2D eigenvalue weighted by atomic mass is 16.7. The molecule has 4 N–H and O–H groups in total. The van der Waals surface area contributed by atoms with Gasteiger partial charge in [0.25, 0.3) is 0 Å². The molecule has 3 aliphatic rings. The molecule has 0 spiro atoms. The number of hydrogen-bond donors (Lipinski definition) is 4. The fourth-order valence-electron chi connectivity index (χ4n) is 8.58. The van der Waals surface area contributed by atoms with Crippen molar-refractivity contribution in [1.29, 1.82) is 0 Å². The second kappa shape index (κ2) is 21.9. The smallest absolute Gasteiger partial charge is 0.412 e. The molecule has 2 aliphatic carbocycles. The molecule has 0 aromatic heterocycles. The summed E-state index contributed by atoms with van der Waals surface area (Å²) in [7, 11) is 1.32. The molecule has 0 unspecified atom stereocenters. The third-order valence-corrected chi connectivity index (χ3v) is 10.9. The van der Waals surface area contributed by atoms with Crippen molar-refractivity contribution < 1.29 is 53.4 Å². The van der Waals surface area contributed by atoms with E-state index in [-0.39, 0.29) is 77.0 Å². The number of amides is 2. The van der Waals surface area contributed by atoms with Crippen molar-refractivity contribution in [3.05, 3.63) is 84.0 Å². The molecule has 6 atom stereocenters. The largest absolute Gasteiger partial charge is 0.459 e. The summed E-state index contributed by atoms with van der Waals surface area (Å²) >= 11 is 0. The number of nitrogens with one attached hydrogen (secondary N) is 1. The average Bonchev–Trinajstić information content (AvgIpc) is 3.22. The zero-order valence-electron chi connectivity index (χ0n) is 33.2. The maximum Gasteiger partial charge on any atom is 0.412 e. The zero-order valence-corrected chi connectivity index (χ0v) is 33.2. The predicted molar refractivity (Wildman–Crippen MR) is 213 cm³/mol. The highest BCUT2D eigenvalue weighted by molar-refractivity contribution is 6.03. The first-order chi connectivity index (χ1) is 27.8. The van der Waals surface area contributed by atoms with Crippen molar-refractivity contribution in [3.8, 4) is 11.5 Å². The number of aliphatic hydroxyl groups is 3. The fourth-order valence-corrected chi connectivity index (χ4v) is 8.58. The molecule has 14 heteroatoms. The highest BCUT2D eigenvalue weighted by Gasteiger charge is 2.65. The predicted octanol–water partition coefficient (Wildman–Crippen LogP) is 5.71. The molecule has 5 rings (SSSR count). The van der Waals surface area contributed by atoms with Crippen LogP contribution in [0, 0.1) is 17.8 Å². The van der Waals surface area contributed by atoms with Gasteiger partial charge in [0.1, 0.15) is 24.1 Å². The molecule has 1 aliphatic heterocycles. The van der Waals surface area contributed by atoms with Gasteiger partial charge in [-0.1, -0.05) is 60.5 Å². The standard InChI is InChI=1S/C43H59N3O11/c1-4-23-54-43-38(46(42(51)52-3)19-24-53-25-22-49)28-36(45-55-29-30-13-7-6-8-14-30)34-26-31(15-9-11-20-47)33(16-10-12-21-48)39(40(34)43)35-27-32(17-18-37(35)57-43)56-41(50)44-5-2/h4,6-8,13-14,17-18,26-27,31,33,38-40,47-49H,1,5,9-12,15-16,19-25,28-29H2,2-3H3,(H,44,50)/t31-,33+,38-,39+,40+,43+/m0/s1. The molecule has 2 amide bonds. The third kappa shape index (κ3) is 10.5. The van der Waals surface area contributed by atoms with Crippen molar-refractivity contribution >= 4 is 17.9 Å². The Labute approximate surface area is 335 Å². The van der Waals surface area contributed by atoms with E-state index >= 15 is 0 Å². The molecule has 57 heavy (non-hydrogen) atoms. The highest BCUT2D eigenvalue weighted by Crippen LogP contribution is 2.62. The van der Waals surface area contributed by atoms with Gasteiger partial charge >= 0.3 is 12.2 Å². The van der Waals surface area contributed by atoms with Crippen LogP contribution in [0.2, 0.25) is 0 Å². The Morgan fingerprint density at radius 1 is 1.04 bits per heavy atom.